The second kappa shape index (κ2) is 8.90. The van der Waals surface area contributed by atoms with Crippen molar-refractivity contribution in [2.45, 2.75) is 30.7 Å². The first-order chi connectivity index (χ1) is 13.4. The summed E-state index contributed by atoms with van der Waals surface area (Å²) in [5, 5.41) is 3.24. The van der Waals surface area contributed by atoms with Gasteiger partial charge in [0, 0.05) is 18.1 Å². The van der Waals surface area contributed by atoms with E-state index in [9.17, 15) is 13.2 Å². The van der Waals surface area contributed by atoms with Crippen molar-refractivity contribution in [3.05, 3.63) is 70.8 Å². The fourth-order valence-corrected chi connectivity index (χ4v) is 5.05. The van der Waals surface area contributed by atoms with Gasteiger partial charge in [0.05, 0.1) is 4.90 Å². The molecule has 0 spiro atoms. The highest BCUT2D eigenvalue weighted by Gasteiger charge is 2.37. The lowest BCUT2D eigenvalue weighted by atomic mass is 10.1. The van der Waals surface area contributed by atoms with Crippen LogP contribution in [0.2, 0.25) is 5.02 Å². The van der Waals surface area contributed by atoms with E-state index in [1.165, 1.54) is 16.4 Å². The van der Waals surface area contributed by atoms with E-state index in [1.54, 1.807) is 12.1 Å². The molecule has 0 radical (unpaired) electrons. The molecule has 1 fully saturated rings. The Morgan fingerprint density at radius 1 is 1.18 bits per heavy atom. The number of piperidine rings is 1. The summed E-state index contributed by atoms with van der Waals surface area (Å²) in [4.78, 5) is 12.6. The van der Waals surface area contributed by atoms with Gasteiger partial charge in [-0.1, -0.05) is 53.6 Å². The maximum absolute atomic E-state index is 13.4. The molecule has 1 N–H and O–H groups in total. The molecule has 28 heavy (non-hydrogen) atoms. The number of hydrogen-bond acceptors (Lipinski definition) is 3. The Morgan fingerprint density at radius 3 is 2.50 bits per heavy atom. The molecule has 0 bridgehead atoms. The molecule has 1 atom stereocenters. The van der Waals surface area contributed by atoms with E-state index in [4.69, 9.17) is 11.6 Å². The fourth-order valence-electron chi connectivity index (χ4n) is 3.26. The van der Waals surface area contributed by atoms with E-state index in [1.807, 2.05) is 43.3 Å². The molecule has 0 aliphatic carbocycles. The van der Waals surface area contributed by atoms with Crippen molar-refractivity contribution in [2.75, 3.05) is 13.1 Å². The van der Waals surface area contributed by atoms with Crippen molar-refractivity contribution in [3.63, 3.8) is 0 Å². The monoisotopic (exact) mass is 418 g/mol. The summed E-state index contributed by atoms with van der Waals surface area (Å²) in [7, 11) is -3.86. The summed E-state index contributed by atoms with van der Waals surface area (Å²) in [6.07, 6.45) is 3.17. The molecule has 2 aromatic carbocycles. The first-order valence-electron chi connectivity index (χ1n) is 9.15. The predicted molar refractivity (Wildman–Crippen MR) is 111 cm³/mol. The van der Waals surface area contributed by atoms with Crippen LogP contribution in [0.25, 0.3) is 6.08 Å². The Morgan fingerprint density at radius 2 is 1.86 bits per heavy atom. The van der Waals surface area contributed by atoms with Crippen LogP contribution in [0.15, 0.2) is 65.1 Å². The van der Waals surface area contributed by atoms with Gasteiger partial charge in [0.1, 0.15) is 6.04 Å². The molecule has 0 aromatic heterocycles. The van der Waals surface area contributed by atoms with Crippen LogP contribution < -0.4 is 5.32 Å². The largest absolute Gasteiger partial charge is 0.355 e. The first-order valence-corrected chi connectivity index (χ1v) is 11.0. The summed E-state index contributed by atoms with van der Waals surface area (Å²) >= 11 is 5.91. The third kappa shape index (κ3) is 4.82. The predicted octanol–water partition coefficient (Wildman–Crippen LogP) is 3.71. The summed E-state index contributed by atoms with van der Waals surface area (Å²) in [5.41, 5.74) is 1.83. The average molecular weight is 419 g/mol. The highest BCUT2D eigenvalue weighted by Crippen LogP contribution is 2.25. The van der Waals surface area contributed by atoms with E-state index in [-0.39, 0.29) is 17.3 Å². The van der Waals surface area contributed by atoms with Crippen LogP contribution in [0.1, 0.15) is 25.3 Å². The zero-order valence-corrected chi connectivity index (χ0v) is 17.2. The van der Waals surface area contributed by atoms with Crippen LogP contribution in [0.5, 0.6) is 0 Å². The molecule has 1 heterocycles. The molecule has 3 rings (SSSR count). The van der Waals surface area contributed by atoms with E-state index in [0.717, 1.165) is 17.6 Å². The summed E-state index contributed by atoms with van der Waals surface area (Å²) < 4.78 is 28.0. The fraction of sp³-hybridized carbons (Fsp3) is 0.286. The topological polar surface area (TPSA) is 66.5 Å². The third-order valence-electron chi connectivity index (χ3n) is 4.64. The Bertz CT molecular complexity index is 957. The molecule has 0 saturated carbocycles. The standard InChI is InChI=1S/C21H23ClN2O3S/c1-16(14-17-6-3-2-4-7-17)15-24(20-8-5-13-23-21(20)25)28(26,27)19-11-9-18(22)10-12-19/h2-4,6-7,9-12,14,20H,5,8,13,15H2,1H3,(H,23,25)/t20-/m1/s1. The van der Waals surface area contributed by atoms with E-state index in [2.05, 4.69) is 5.32 Å². The SMILES string of the molecule is CC(=Cc1ccccc1)CN([C@@H]1CCCNC1=O)S(=O)(=O)c1ccc(Cl)cc1. The number of halogens is 1. The number of amides is 1. The van der Waals surface area contributed by atoms with Crippen LogP contribution in [0.4, 0.5) is 0 Å². The number of sulfonamides is 1. The van der Waals surface area contributed by atoms with Crippen LogP contribution in [0.3, 0.4) is 0 Å². The van der Waals surface area contributed by atoms with Crippen molar-refractivity contribution in [2.24, 2.45) is 0 Å². The molecule has 148 valence electrons. The Labute approximate surface area is 171 Å². The lowest BCUT2D eigenvalue weighted by Crippen LogP contribution is -2.52. The number of carbonyl (C=O) groups excluding carboxylic acids is 1. The normalized spacial score (nSPS) is 18.2. The summed E-state index contributed by atoms with van der Waals surface area (Å²) in [5.74, 6) is -0.253. The van der Waals surface area contributed by atoms with Crippen molar-refractivity contribution in [1.29, 1.82) is 0 Å². The van der Waals surface area contributed by atoms with Gasteiger partial charge in [-0.05, 0) is 49.6 Å². The van der Waals surface area contributed by atoms with Crippen molar-refractivity contribution in [3.8, 4) is 0 Å². The molecule has 0 unspecified atom stereocenters. The molecule has 1 aliphatic rings. The van der Waals surface area contributed by atoms with Crippen LogP contribution in [-0.2, 0) is 14.8 Å². The van der Waals surface area contributed by atoms with Gasteiger partial charge in [0.25, 0.3) is 0 Å². The molecule has 7 heteroatoms. The van der Waals surface area contributed by atoms with Gasteiger partial charge in [-0.15, -0.1) is 0 Å². The van der Waals surface area contributed by atoms with Crippen LogP contribution in [0, 0.1) is 0 Å². The van der Waals surface area contributed by atoms with Gasteiger partial charge in [0.2, 0.25) is 15.9 Å². The van der Waals surface area contributed by atoms with E-state index < -0.39 is 16.1 Å². The van der Waals surface area contributed by atoms with Gasteiger partial charge < -0.3 is 5.32 Å². The second-order valence-electron chi connectivity index (χ2n) is 6.85. The van der Waals surface area contributed by atoms with Crippen molar-refractivity contribution >= 4 is 33.6 Å². The number of rotatable bonds is 6. The maximum atomic E-state index is 13.4. The van der Waals surface area contributed by atoms with E-state index in [0.29, 0.717) is 18.0 Å². The van der Waals surface area contributed by atoms with Gasteiger partial charge in [0.15, 0.2) is 0 Å². The molecule has 2 aromatic rings. The Balaban J connectivity index is 1.96. The number of carbonyl (C=O) groups is 1. The Hall–Kier alpha value is -2.15. The second-order valence-corrected chi connectivity index (χ2v) is 9.18. The lowest BCUT2D eigenvalue weighted by Gasteiger charge is -2.33. The van der Waals surface area contributed by atoms with Gasteiger partial charge in [-0.2, -0.15) is 4.31 Å². The minimum Gasteiger partial charge on any atom is -0.355 e. The van der Waals surface area contributed by atoms with E-state index >= 15 is 0 Å². The molecular weight excluding hydrogens is 396 g/mol. The highest BCUT2D eigenvalue weighted by molar-refractivity contribution is 7.89. The van der Waals surface area contributed by atoms with Gasteiger partial charge in [-0.25, -0.2) is 8.42 Å². The number of benzene rings is 2. The summed E-state index contributed by atoms with van der Waals surface area (Å²) in [6.45, 7) is 2.58. The van der Waals surface area contributed by atoms with Crippen LogP contribution in [-0.4, -0.2) is 37.8 Å². The molecule has 1 amide bonds. The maximum Gasteiger partial charge on any atom is 0.244 e. The zero-order chi connectivity index (χ0) is 20.1. The van der Waals surface area contributed by atoms with Crippen molar-refractivity contribution < 1.29 is 13.2 Å². The minimum absolute atomic E-state index is 0.128. The first kappa shape index (κ1) is 20.6. The number of hydrogen-bond donors (Lipinski definition) is 1. The number of nitrogens with zero attached hydrogens (tertiary/aromatic N) is 1. The van der Waals surface area contributed by atoms with Crippen LogP contribution >= 0.6 is 11.6 Å². The molecule has 1 aliphatic heterocycles. The quantitative estimate of drug-likeness (QED) is 0.777. The minimum atomic E-state index is -3.86. The molecular formula is C21H23ClN2O3S. The molecule has 5 nitrogen and oxygen atoms in total. The average Bonchev–Trinajstić information content (AvgIpc) is 2.68. The van der Waals surface area contributed by atoms with Gasteiger partial charge >= 0.3 is 0 Å². The highest BCUT2D eigenvalue weighted by atomic mass is 35.5. The third-order valence-corrected chi connectivity index (χ3v) is 6.76. The van der Waals surface area contributed by atoms with Gasteiger partial charge in [-0.3, -0.25) is 4.79 Å². The molecule has 1 saturated heterocycles. The summed E-state index contributed by atoms with van der Waals surface area (Å²) in [6, 6.07) is 15.0. The van der Waals surface area contributed by atoms with Crippen molar-refractivity contribution in [1.82, 2.24) is 9.62 Å². The lowest BCUT2D eigenvalue weighted by molar-refractivity contribution is -0.126. The smallest absolute Gasteiger partial charge is 0.244 e. The zero-order valence-electron chi connectivity index (χ0n) is 15.6. The Kier molecular flexibility index (Phi) is 6.54. The number of nitrogens with one attached hydrogen (secondary N) is 1.